The molecule has 5 nitrogen and oxygen atoms in total. The van der Waals surface area contributed by atoms with Gasteiger partial charge in [0.2, 0.25) is 0 Å². The number of rotatable bonds is 5. The van der Waals surface area contributed by atoms with Crippen LogP contribution in [0.2, 0.25) is 5.02 Å². The van der Waals surface area contributed by atoms with Gasteiger partial charge in [-0.3, -0.25) is 9.59 Å². The van der Waals surface area contributed by atoms with Crippen LogP contribution in [0.5, 0.6) is 5.75 Å². The lowest BCUT2D eigenvalue weighted by Gasteiger charge is -2.33. The van der Waals surface area contributed by atoms with Crippen molar-refractivity contribution in [3.63, 3.8) is 0 Å². The van der Waals surface area contributed by atoms with E-state index in [0.717, 1.165) is 12.8 Å². The Morgan fingerprint density at radius 1 is 1.07 bits per heavy atom. The predicted molar refractivity (Wildman–Crippen MR) is 105 cm³/mol. The van der Waals surface area contributed by atoms with Crippen molar-refractivity contribution in [2.45, 2.75) is 31.9 Å². The molecule has 1 aliphatic rings. The Labute approximate surface area is 164 Å². The SMILES string of the molecule is C[C@H](Oc1ccc(Cl)cc1)C(=O)N1CCC(NC(=O)c2ccccc2)CC1. The van der Waals surface area contributed by atoms with Gasteiger partial charge < -0.3 is 15.0 Å². The summed E-state index contributed by atoms with van der Waals surface area (Å²) in [7, 11) is 0. The predicted octanol–water partition coefficient (Wildman–Crippen LogP) is 3.53. The number of carbonyl (C=O) groups is 2. The molecular weight excluding hydrogens is 364 g/mol. The molecule has 1 saturated heterocycles. The van der Waals surface area contributed by atoms with Crippen LogP contribution in [0.1, 0.15) is 30.1 Å². The van der Waals surface area contributed by atoms with Gasteiger partial charge in [0.05, 0.1) is 0 Å². The van der Waals surface area contributed by atoms with Gasteiger partial charge in [-0.1, -0.05) is 29.8 Å². The highest BCUT2D eigenvalue weighted by molar-refractivity contribution is 6.30. The van der Waals surface area contributed by atoms with Crippen LogP contribution < -0.4 is 10.1 Å². The number of piperidine rings is 1. The number of nitrogens with zero attached hydrogens (tertiary/aromatic N) is 1. The van der Waals surface area contributed by atoms with Gasteiger partial charge >= 0.3 is 0 Å². The minimum absolute atomic E-state index is 0.0437. The average molecular weight is 387 g/mol. The van der Waals surface area contributed by atoms with E-state index in [1.807, 2.05) is 18.2 Å². The zero-order valence-electron chi connectivity index (χ0n) is 15.2. The van der Waals surface area contributed by atoms with Crippen molar-refractivity contribution in [3.8, 4) is 5.75 Å². The van der Waals surface area contributed by atoms with Gasteiger partial charge in [-0.05, 0) is 56.2 Å². The van der Waals surface area contributed by atoms with Crippen molar-refractivity contribution >= 4 is 23.4 Å². The van der Waals surface area contributed by atoms with Crippen LogP contribution >= 0.6 is 11.6 Å². The van der Waals surface area contributed by atoms with E-state index >= 15 is 0 Å². The second kappa shape index (κ2) is 8.91. The van der Waals surface area contributed by atoms with Crippen LogP contribution in [0.4, 0.5) is 0 Å². The van der Waals surface area contributed by atoms with Gasteiger partial charge in [0.1, 0.15) is 5.75 Å². The topological polar surface area (TPSA) is 58.6 Å². The highest BCUT2D eigenvalue weighted by Crippen LogP contribution is 2.18. The molecule has 0 saturated carbocycles. The lowest BCUT2D eigenvalue weighted by molar-refractivity contribution is -0.139. The first-order valence-electron chi connectivity index (χ1n) is 9.10. The van der Waals surface area contributed by atoms with Crippen molar-refractivity contribution in [1.29, 1.82) is 0 Å². The fraction of sp³-hybridized carbons (Fsp3) is 0.333. The van der Waals surface area contributed by atoms with E-state index in [0.29, 0.717) is 29.4 Å². The number of ether oxygens (including phenoxy) is 1. The smallest absolute Gasteiger partial charge is 0.263 e. The Kier molecular flexibility index (Phi) is 6.35. The highest BCUT2D eigenvalue weighted by atomic mass is 35.5. The van der Waals surface area contributed by atoms with Crippen molar-refractivity contribution in [2.75, 3.05) is 13.1 Å². The molecule has 2 amide bonds. The van der Waals surface area contributed by atoms with Crippen molar-refractivity contribution < 1.29 is 14.3 Å². The molecule has 0 radical (unpaired) electrons. The standard InChI is InChI=1S/C21H23ClN2O3/c1-15(27-19-9-7-17(22)8-10-19)21(26)24-13-11-18(12-14-24)23-20(25)16-5-3-2-4-6-16/h2-10,15,18H,11-14H2,1H3,(H,23,25)/t15-/m0/s1. The molecule has 0 bridgehead atoms. The van der Waals surface area contributed by atoms with E-state index in [-0.39, 0.29) is 17.9 Å². The lowest BCUT2D eigenvalue weighted by atomic mass is 10.0. The summed E-state index contributed by atoms with van der Waals surface area (Å²) in [4.78, 5) is 26.6. The summed E-state index contributed by atoms with van der Waals surface area (Å²) in [6, 6.07) is 16.2. The molecule has 0 aliphatic carbocycles. The number of hydrogen-bond donors (Lipinski definition) is 1. The van der Waals surface area contributed by atoms with E-state index < -0.39 is 6.10 Å². The first-order chi connectivity index (χ1) is 13.0. The number of carbonyl (C=O) groups excluding carboxylic acids is 2. The summed E-state index contributed by atoms with van der Waals surface area (Å²) in [5.74, 6) is 0.503. The molecule has 3 rings (SSSR count). The monoisotopic (exact) mass is 386 g/mol. The number of amides is 2. The molecule has 1 atom stereocenters. The molecule has 0 aromatic heterocycles. The maximum Gasteiger partial charge on any atom is 0.263 e. The molecule has 1 fully saturated rings. The summed E-state index contributed by atoms with van der Waals surface area (Å²) in [5.41, 5.74) is 0.654. The zero-order chi connectivity index (χ0) is 19.2. The summed E-state index contributed by atoms with van der Waals surface area (Å²) >= 11 is 5.86. The second-order valence-electron chi connectivity index (χ2n) is 6.65. The van der Waals surface area contributed by atoms with Gasteiger partial charge in [0.25, 0.3) is 11.8 Å². The quantitative estimate of drug-likeness (QED) is 0.855. The van der Waals surface area contributed by atoms with Gasteiger partial charge in [0.15, 0.2) is 6.10 Å². The Balaban J connectivity index is 1.47. The maximum absolute atomic E-state index is 12.6. The first kappa shape index (κ1) is 19.2. The highest BCUT2D eigenvalue weighted by Gasteiger charge is 2.27. The van der Waals surface area contributed by atoms with Crippen molar-refractivity contribution in [2.24, 2.45) is 0 Å². The molecular formula is C21H23ClN2O3. The summed E-state index contributed by atoms with van der Waals surface area (Å²) in [6.07, 6.45) is 0.900. The number of benzene rings is 2. The van der Waals surface area contributed by atoms with Gasteiger partial charge in [-0.25, -0.2) is 0 Å². The van der Waals surface area contributed by atoms with Crippen molar-refractivity contribution in [3.05, 3.63) is 65.2 Å². The van der Waals surface area contributed by atoms with Gasteiger partial charge in [-0.15, -0.1) is 0 Å². The normalized spacial score (nSPS) is 15.9. The third kappa shape index (κ3) is 5.23. The van der Waals surface area contributed by atoms with Crippen LogP contribution in [-0.2, 0) is 4.79 Å². The second-order valence-corrected chi connectivity index (χ2v) is 7.09. The maximum atomic E-state index is 12.6. The molecule has 6 heteroatoms. The molecule has 2 aromatic rings. The molecule has 2 aromatic carbocycles. The van der Waals surface area contributed by atoms with Gasteiger partial charge in [-0.2, -0.15) is 0 Å². The third-order valence-corrected chi connectivity index (χ3v) is 4.90. The van der Waals surface area contributed by atoms with E-state index in [1.165, 1.54) is 0 Å². The average Bonchev–Trinajstić information content (AvgIpc) is 2.70. The summed E-state index contributed by atoms with van der Waals surface area (Å²) in [6.45, 7) is 2.96. The third-order valence-electron chi connectivity index (χ3n) is 4.65. The van der Waals surface area contributed by atoms with Crippen LogP contribution in [0, 0.1) is 0 Å². The Morgan fingerprint density at radius 2 is 1.70 bits per heavy atom. The van der Waals surface area contributed by atoms with E-state index in [9.17, 15) is 9.59 Å². The lowest BCUT2D eigenvalue weighted by Crippen LogP contribution is -2.49. The van der Waals surface area contributed by atoms with Crippen LogP contribution in [-0.4, -0.2) is 41.9 Å². The van der Waals surface area contributed by atoms with Crippen LogP contribution in [0.25, 0.3) is 0 Å². The molecule has 0 spiro atoms. The zero-order valence-corrected chi connectivity index (χ0v) is 16.0. The minimum Gasteiger partial charge on any atom is -0.481 e. The summed E-state index contributed by atoms with van der Waals surface area (Å²) in [5, 5.41) is 3.67. The van der Waals surface area contributed by atoms with Gasteiger partial charge in [0, 0.05) is 29.7 Å². The summed E-state index contributed by atoms with van der Waals surface area (Å²) < 4.78 is 5.71. The first-order valence-corrected chi connectivity index (χ1v) is 9.47. The van der Waals surface area contributed by atoms with E-state index in [4.69, 9.17) is 16.3 Å². The fourth-order valence-corrected chi connectivity index (χ4v) is 3.25. The Bertz CT molecular complexity index is 772. The largest absolute Gasteiger partial charge is 0.481 e. The number of likely N-dealkylation sites (tertiary alicyclic amines) is 1. The molecule has 27 heavy (non-hydrogen) atoms. The minimum atomic E-state index is -0.568. The number of halogens is 1. The molecule has 1 N–H and O–H groups in total. The van der Waals surface area contributed by atoms with E-state index in [2.05, 4.69) is 5.32 Å². The van der Waals surface area contributed by atoms with E-state index in [1.54, 1.807) is 48.2 Å². The number of hydrogen-bond acceptors (Lipinski definition) is 3. The molecule has 142 valence electrons. The molecule has 1 heterocycles. The molecule has 0 unspecified atom stereocenters. The van der Waals surface area contributed by atoms with Crippen LogP contribution in [0.15, 0.2) is 54.6 Å². The Morgan fingerprint density at radius 3 is 2.33 bits per heavy atom. The number of nitrogens with one attached hydrogen (secondary N) is 1. The fourth-order valence-electron chi connectivity index (χ4n) is 3.13. The Hall–Kier alpha value is -2.53. The van der Waals surface area contributed by atoms with Crippen LogP contribution in [0.3, 0.4) is 0 Å². The molecule has 1 aliphatic heterocycles. The van der Waals surface area contributed by atoms with Crippen molar-refractivity contribution in [1.82, 2.24) is 10.2 Å².